The number of hydrogen-bond donors (Lipinski definition) is 2. The van der Waals surface area contributed by atoms with E-state index in [-0.39, 0.29) is 119 Å². The third-order valence-electron chi connectivity index (χ3n) is 20.8. The highest BCUT2D eigenvalue weighted by molar-refractivity contribution is 5.28. The van der Waals surface area contributed by atoms with Gasteiger partial charge in [0.25, 0.3) is 0 Å². The molecule has 0 aliphatic rings. The lowest BCUT2D eigenvalue weighted by Gasteiger charge is -2.32. The fourth-order valence-electron chi connectivity index (χ4n) is 13.4. The van der Waals surface area contributed by atoms with Gasteiger partial charge >= 0.3 is 0 Å². The van der Waals surface area contributed by atoms with Crippen LogP contribution in [0, 0.1) is 0 Å². The summed E-state index contributed by atoms with van der Waals surface area (Å²) in [6.45, 7) is 7.85. The average Bonchev–Trinajstić information content (AvgIpc) is 0.884. The first kappa shape index (κ1) is 103. The third kappa shape index (κ3) is 44.8. The Morgan fingerprint density at radius 1 is 0.179 bits per heavy atom. The van der Waals surface area contributed by atoms with Crippen molar-refractivity contribution in [1.82, 2.24) is 4.90 Å². The Kier molecular flexibility index (Phi) is 49.3. The first-order chi connectivity index (χ1) is 66.1. The Hall–Kier alpha value is -11.2. The SMILES string of the molecule is C[NH+](C)CCOCCOC(COc1ccccc1)COC(COc1ccccc1)COC(COc1ccccc1)COC(COc1ccccc1)COC(COc1ccccc1)CN(Cc1ccccc1)CC(COc1ccccc1)OCC(COc1ccccc1)OCC(COc1ccccc1)OCC(COc1ccccc1)OCC(COc1ccccc1)OCCOCC[NH+](C)C. The highest BCUT2D eigenvalue weighted by Crippen LogP contribution is 2.23. The minimum Gasteiger partial charge on any atom is -0.491 e. The molecule has 0 spiro atoms. The number of ether oxygens (including phenoxy) is 22. The van der Waals surface area contributed by atoms with Crippen LogP contribution in [0.3, 0.4) is 0 Å². The van der Waals surface area contributed by atoms with E-state index in [0.717, 1.165) is 18.7 Å². The zero-order valence-corrected chi connectivity index (χ0v) is 78.0. The van der Waals surface area contributed by atoms with Crippen molar-refractivity contribution in [2.75, 3.05) is 213 Å². The van der Waals surface area contributed by atoms with E-state index in [0.29, 0.717) is 117 Å². The van der Waals surface area contributed by atoms with Crippen molar-refractivity contribution in [2.45, 2.75) is 67.6 Å². The quantitative estimate of drug-likeness (QED) is 0.0339. The summed E-state index contributed by atoms with van der Waals surface area (Å²) in [5.74, 6) is 6.78. The molecule has 0 amide bonds. The highest BCUT2D eigenvalue weighted by Gasteiger charge is 2.29. The van der Waals surface area contributed by atoms with Crippen LogP contribution in [0.5, 0.6) is 57.5 Å². The molecule has 10 atom stereocenters. The minimum absolute atomic E-state index is 0.0538. The number of nitrogens with zero attached hydrogens (tertiary/aromatic N) is 1. The van der Waals surface area contributed by atoms with Crippen LogP contribution in [0.15, 0.2) is 334 Å². The van der Waals surface area contributed by atoms with Gasteiger partial charge in [-0.25, -0.2) is 0 Å². The molecule has 718 valence electrons. The van der Waals surface area contributed by atoms with Gasteiger partial charge in [0.1, 0.15) is 198 Å². The zero-order chi connectivity index (χ0) is 92.8. The van der Waals surface area contributed by atoms with Gasteiger partial charge in [-0.2, -0.15) is 0 Å². The maximum absolute atomic E-state index is 7.24. The van der Waals surface area contributed by atoms with Crippen molar-refractivity contribution in [3.05, 3.63) is 339 Å². The molecule has 10 unspecified atom stereocenters. The van der Waals surface area contributed by atoms with Crippen molar-refractivity contribution in [3.8, 4) is 57.5 Å². The van der Waals surface area contributed by atoms with Gasteiger partial charge in [-0.1, -0.05) is 212 Å². The molecule has 0 aromatic heterocycles. The fraction of sp³-hybridized carbons (Fsp3) is 0.394. The van der Waals surface area contributed by atoms with Gasteiger partial charge in [-0.3, -0.25) is 4.90 Å². The molecule has 11 aromatic carbocycles. The molecule has 0 aliphatic carbocycles. The van der Waals surface area contributed by atoms with E-state index in [9.17, 15) is 0 Å². The van der Waals surface area contributed by atoms with E-state index >= 15 is 0 Å². The van der Waals surface area contributed by atoms with Crippen molar-refractivity contribution in [2.24, 2.45) is 0 Å². The normalized spacial score (nSPS) is 13.8. The third-order valence-corrected chi connectivity index (χ3v) is 20.8. The first-order valence-corrected chi connectivity index (χ1v) is 46.5. The van der Waals surface area contributed by atoms with Gasteiger partial charge in [0, 0.05) is 19.6 Å². The fourth-order valence-corrected chi connectivity index (χ4v) is 13.4. The molecule has 0 saturated carbocycles. The Labute approximate surface area is 791 Å². The number of hydrogen-bond acceptors (Lipinski definition) is 23. The summed E-state index contributed by atoms with van der Waals surface area (Å²) in [5, 5.41) is 0. The van der Waals surface area contributed by atoms with Gasteiger partial charge in [0.2, 0.25) is 0 Å². The molecular formula is C109H137N3O22+2. The molecule has 11 rings (SSSR count). The molecule has 0 fully saturated rings. The Bertz CT molecular complexity index is 4380. The summed E-state index contributed by atoms with van der Waals surface area (Å²) < 4.78 is 146. The molecule has 0 heterocycles. The van der Waals surface area contributed by atoms with Crippen molar-refractivity contribution >= 4 is 0 Å². The molecule has 11 aromatic rings. The number of likely N-dealkylation sites (N-methyl/N-ethyl adjacent to an activating group) is 2. The highest BCUT2D eigenvalue weighted by atomic mass is 16.6. The summed E-state index contributed by atoms with van der Waals surface area (Å²) >= 11 is 0. The van der Waals surface area contributed by atoms with Gasteiger partial charge in [-0.15, -0.1) is 0 Å². The molecule has 25 nitrogen and oxygen atoms in total. The lowest BCUT2D eigenvalue weighted by Crippen LogP contribution is -3.06. The maximum Gasteiger partial charge on any atom is 0.119 e. The predicted molar refractivity (Wildman–Crippen MR) is 515 cm³/mol. The molecule has 0 bridgehead atoms. The van der Waals surface area contributed by atoms with E-state index in [1.165, 1.54) is 9.80 Å². The second-order valence-corrected chi connectivity index (χ2v) is 32.7. The van der Waals surface area contributed by atoms with E-state index in [4.69, 9.17) is 104 Å². The average molecular weight is 1840 g/mol. The smallest absolute Gasteiger partial charge is 0.119 e. The standard InChI is InChI=1S/C109H135N3O22/c1-110(2)60-62-113-64-66-115-102(73-119-92-44-22-8-23-45-92)75-129-106(79-123-96-52-30-12-31-53-96)85-133-108(81-125-98-56-34-14-35-57-98)87-131-104(77-121-94-48-26-10-27-49-94)83-127-100(71-117-90-40-18-6-19-41-90)69-112(68-89-38-16-5-17-39-89)70-101(72-118-91-42-20-7-21-43-91)128-84-105(78-122-95-50-28-11-29-51-95)132-88-109(82-126-99-58-36-15-37-59-99)134-86-107(80-124-97-54-32-13-33-55-97)130-76-103(74-120-93-46-24-9-25-47-93)116-67-65-114-63-61-111(3)4/h5-59,100-109H,60-88H2,1-4H3/p+2. The summed E-state index contributed by atoms with van der Waals surface area (Å²) in [7, 11) is 8.39. The largest absolute Gasteiger partial charge is 0.491 e. The molecule has 2 N–H and O–H groups in total. The van der Waals surface area contributed by atoms with Crippen LogP contribution in [0.2, 0.25) is 0 Å². The number of nitrogens with one attached hydrogen (secondary N) is 2. The van der Waals surface area contributed by atoms with Gasteiger partial charge in [0.15, 0.2) is 0 Å². The number of para-hydroxylation sites is 10. The number of quaternary nitrogens is 2. The predicted octanol–water partition coefficient (Wildman–Crippen LogP) is 13.5. The summed E-state index contributed by atoms with van der Waals surface area (Å²) in [6, 6.07) is 107. The molecule has 0 radical (unpaired) electrons. The Morgan fingerprint density at radius 2 is 0.343 bits per heavy atom. The second-order valence-electron chi connectivity index (χ2n) is 32.7. The Morgan fingerprint density at radius 3 is 0.530 bits per heavy atom. The minimum atomic E-state index is -0.675. The summed E-state index contributed by atoms with van der Waals surface area (Å²) in [4.78, 5) is 4.91. The van der Waals surface area contributed by atoms with Crippen LogP contribution in [-0.2, 0) is 63.4 Å². The van der Waals surface area contributed by atoms with Crippen LogP contribution in [0.1, 0.15) is 5.56 Å². The van der Waals surface area contributed by atoms with Gasteiger partial charge in [-0.05, 0) is 127 Å². The summed E-state index contributed by atoms with van der Waals surface area (Å²) in [6.07, 6.45) is -6.00. The van der Waals surface area contributed by atoms with Crippen molar-refractivity contribution in [3.63, 3.8) is 0 Å². The van der Waals surface area contributed by atoms with Crippen LogP contribution in [-0.4, -0.2) is 279 Å². The topological polar surface area (TPSA) is 215 Å². The second kappa shape index (κ2) is 63.9. The summed E-state index contributed by atoms with van der Waals surface area (Å²) in [5.41, 5.74) is 1.06. The molecule has 134 heavy (non-hydrogen) atoms. The monoisotopic (exact) mass is 1840 g/mol. The van der Waals surface area contributed by atoms with Crippen LogP contribution in [0.25, 0.3) is 0 Å². The van der Waals surface area contributed by atoms with E-state index < -0.39 is 61.0 Å². The van der Waals surface area contributed by atoms with Crippen LogP contribution in [0.4, 0.5) is 0 Å². The van der Waals surface area contributed by atoms with Crippen molar-refractivity contribution in [1.29, 1.82) is 0 Å². The van der Waals surface area contributed by atoms with E-state index in [2.05, 4.69) is 45.2 Å². The first-order valence-electron chi connectivity index (χ1n) is 46.5. The maximum atomic E-state index is 7.24. The van der Waals surface area contributed by atoms with Gasteiger partial charge < -0.3 is 114 Å². The van der Waals surface area contributed by atoms with E-state index in [1.54, 1.807) is 0 Å². The lowest BCUT2D eigenvalue weighted by molar-refractivity contribution is -0.858. The van der Waals surface area contributed by atoms with Gasteiger partial charge in [0.05, 0.1) is 121 Å². The molecule has 0 saturated heterocycles. The number of benzene rings is 11. The molecule has 25 heteroatoms. The Balaban J connectivity index is 0.831. The van der Waals surface area contributed by atoms with E-state index in [1.807, 2.05) is 322 Å². The lowest BCUT2D eigenvalue weighted by atomic mass is 10.2. The number of rotatable bonds is 74. The molecule has 0 aliphatic heterocycles. The molecular weight excluding hydrogens is 1700 g/mol. The van der Waals surface area contributed by atoms with Crippen molar-refractivity contribution < 1.29 is 114 Å². The van der Waals surface area contributed by atoms with Crippen LogP contribution < -0.4 is 57.2 Å². The zero-order valence-electron chi connectivity index (χ0n) is 78.0. The van der Waals surface area contributed by atoms with Crippen LogP contribution >= 0.6 is 0 Å².